The maximum Gasteiger partial charge on any atom is 0.288 e. The molecule has 3 aromatic heterocycles. The third kappa shape index (κ3) is 1.59. The van der Waals surface area contributed by atoms with Crippen molar-refractivity contribution in [1.29, 1.82) is 0 Å². The number of hydrogen-bond donors (Lipinski definition) is 2. The molecule has 0 radical (unpaired) electrons. The van der Waals surface area contributed by atoms with Gasteiger partial charge in [0.1, 0.15) is 6.33 Å². The fraction of sp³-hybridized carbons (Fsp3) is 0.538. The topological polar surface area (TPSA) is 101 Å². The zero-order chi connectivity index (χ0) is 14.6. The summed E-state index contributed by atoms with van der Waals surface area (Å²) in [5.74, 6) is 1.13. The van der Waals surface area contributed by atoms with Gasteiger partial charge in [0, 0.05) is 18.6 Å². The highest BCUT2D eigenvalue weighted by atomic mass is 16.3. The number of H-pyrrole nitrogens is 1. The highest BCUT2D eigenvalue weighted by Gasteiger charge is 2.41. The Kier molecular flexibility index (Phi) is 2.61. The molecule has 110 valence electrons. The Labute approximate surface area is 119 Å². The molecule has 1 fully saturated rings. The predicted octanol–water partition coefficient (Wildman–Crippen LogP) is 0.347. The van der Waals surface area contributed by atoms with Crippen LogP contribution in [0.2, 0.25) is 0 Å². The van der Waals surface area contributed by atoms with Crippen molar-refractivity contribution in [2.45, 2.75) is 25.8 Å². The second-order valence-electron chi connectivity index (χ2n) is 5.61. The van der Waals surface area contributed by atoms with Crippen molar-refractivity contribution in [3.8, 4) is 0 Å². The average Bonchev–Trinajstić information content (AvgIpc) is 3.07. The van der Waals surface area contributed by atoms with Gasteiger partial charge in [0.15, 0.2) is 11.2 Å². The number of nitrogens with one attached hydrogen (secondary N) is 1. The Morgan fingerprint density at radius 1 is 1.48 bits per heavy atom. The number of aliphatic hydroxyl groups is 1. The average molecular weight is 288 g/mol. The summed E-state index contributed by atoms with van der Waals surface area (Å²) in [5.41, 5.74) is 0.669. The molecular weight excluding hydrogens is 272 g/mol. The molecular formula is C13H16N6O2. The van der Waals surface area contributed by atoms with E-state index < -0.39 is 0 Å². The maximum atomic E-state index is 12.3. The van der Waals surface area contributed by atoms with Gasteiger partial charge in [0.25, 0.3) is 5.56 Å². The summed E-state index contributed by atoms with van der Waals surface area (Å²) in [6, 6.07) is 0.155. The summed E-state index contributed by atoms with van der Waals surface area (Å²) in [5, 5.41) is 16.1. The number of aromatic amines is 1. The minimum absolute atomic E-state index is 0.147. The van der Waals surface area contributed by atoms with E-state index >= 15 is 0 Å². The standard InChI is InChI=1S/C13H16N6O2/c1-2-7-3-9(8(7)4-20)18-5-14-10-11(18)16-13-17-15-6-19(13)12(10)21/h5-9,20H,2-4H2,1H3,(H,16,17)/t7-,8+,9+/m0/s1. The van der Waals surface area contributed by atoms with Crippen LogP contribution in [0.3, 0.4) is 0 Å². The van der Waals surface area contributed by atoms with Crippen LogP contribution in [-0.2, 0) is 0 Å². The third-order valence-corrected chi connectivity index (χ3v) is 4.70. The predicted molar refractivity (Wildman–Crippen MR) is 74.9 cm³/mol. The van der Waals surface area contributed by atoms with Crippen LogP contribution in [0.4, 0.5) is 0 Å². The number of hydrogen-bond acceptors (Lipinski definition) is 5. The maximum absolute atomic E-state index is 12.3. The summed E-state index contributed by atoms with van der Waals surface area (Å²) in [6.45, 7) is 2.28. The molecule has 2 N–H and O–H groups in total. The van der Waals surface area contributed by atoms with Crippen molar-refractivity contribution < 1.29 is 5.11 Å². The zero-order valence-corrected chi connectivity index (χ0v) is 11.6. The SMILES string of the molecule is CC[C@H]1C[C@@H](n2cnc3c(=O)n4cn[nH]c4nc32)[C@@H]1CO. The normalized spacial score (nSPS) is 25.5. The largest absolute Gasteiger partial charge is 0.396 e. The fourth-order valence-corrected chi connectivity index (χ4v) is 3.39. The van der Waals surface area contributed by atoms with E-state index in [1.165, 1.54) is 10.7 Å². The second kappa shape index (κ2) is 4.39. The summed E-state index contributed by atoms with van der Waals surface area (Å²) in [4.78, 5) is 21.0. The molecule has 0 aliphatic heterocycles. The van der Waals surface area contributed by atoms with E-state index in [0.717, 1.165) is 12.8 Å². The van der Waals surface area contributed by atoms with Crippen LogP contribution in [0.15, 0.2) is 17.4 Å². The number of fused-ring (bicyclic) bond motifs is 2. The lowest BCUT2D eigenvalue weighted by molar-refractivity contribution is 0.0258. The first-order valence-corrected chi connectivity index (χ1v) is 7.13. The minimum Gasteiger partial charge on any atom is -0.396 e. The molecule has 0 spiro atoms. The van der Waals surface area contributed by atoms with Gasteiger partial charge in [-0.2, -0.15) is 10.1 Å². The summed E-state index contributed by atoms with van der Waals surface area (Å²) in [7, 11) is 0. The van der Waals surface area contributed by atoms with Crippen LogP contribution >= 0.6 is 0 Å². The molecule has 8 nitrogen and oxygen atoms in total. The van der Waals surface area contributed by atoms with Gasteiger partial charge < -0.3 is 9.67 Å². The molecule has 3 heterocycles. The van der Waals surface area contributed by atoms with Crippen molar-refractivity contribution in [3.63, 3.8) is 0 Å². The number of aliphatic hydroxyl groups excluding tert-OH is 1. The summed E-state index contributed by atoms with van der Waals surface area (Å²) >= 11 is 0. The highest BCUT2D eigenvalue weighted by molar-refractivity contribution is 5.71. The molecule has 0 aromatic carbocycles. The first-order chi connectivity index (χ1) is 10.2. The van der Waals surface area contributed by atoms with Crippen molar-refractivity contribution in [2.24, 2.45) is 11.8 Å². The van der Waals surface area contributed by atoms with E-state index in [4.69, 9.17) is 0 Å². The Hall–Kier alpha value is -2.22. The summed E-state index contributed by atoms with van der Waals surface area (Å²) < 4.78 is 3.27. The molecule has 0 amide bonds. The van der Waals surface area contributed by atoms with Gasteiger partial charge in [-0.25, -0.2) is 14.5 Å². The van der Waals surface area contributed by atoms with Crippen molar-refractivity contribution in [2.75, 3.05) is 6.61 Å². The van der Waals surface area contributed by atoms with E-state index in [0.29, 0.717) is 22.9 Å². The van der Waals surface area contributed by atoms with Crippen LogP contribution in [0.5, 0.6) is 0 Å². The van der Waals surface area contributed by atoms with Gasteiger partial charge in [0.2, 0.25) is 5.78 Å². The molecule has 1 aliphatic rings. The summed E-state index contributed by atoms with van der Waals surface area (Å²) in [6.07, 6.45) is 5.09. The molecule has 0 unspecified atom stereocenters. The van der Waals surface area contributed by atoms with Crippen LogP contribution in [-0.4, -0.2) is 40.8 Å². The molecule has 1 aliphatic carbocycles. The van der Waals surface area contributed by atoms with E-state index in [9.17, 15) is 9.90 Å². The third-order valence-electron chi connectivity index (χ3n) is 4.70. The lowest BCUT2D eigenvalue weighted by Crippen LogP contribution is -2.40. The smallest absolute Gasteiger partial charge is 0.288 e. The first kappa shape index (κ1) is 12.5. The molecule has 4 rings (SSSR count). The number of imidazole rings is 1. The zero-order valence-electron chi connectivity index (χ0n) is 11.6. The lowest BCUT2D eigenvalue weighted by atomic mass is 9.68. The van der Waals surface area contributed by atoms with Gasteiger partial charge in [-0.15, -0.1) is 0 Å². The molecule has 0 saturated heterocycles. The molecule has 3 aromatic rings. The molecule has 3 atom stereocenters. The van der Waals surface area contributed by atoms with Crippen molar-refractivity contribution in [1.82, 2.24) is 29.1 Å². The van der Waals surface area contributed by atoms with E-state index in [-0.39, 0.29) is 24.1 Å². The minimum atomic E-state index is -0.227. The number of aromatic nitrogens is 6. The Bertz CT molecular complexity index is 862. The Morgan fingerprint density at radius 3 is 3.10 bits per heavy atom. The van der Waals surface area contributed by atoms with Crippen LogP contribution in [0.25, 0.3) is 16.9 Å². The van der Waals surface area contributed by atoms with Crippen LogP contribution < -0.4 is 5.56 Å². The van der Waals surface area contributed by atoms with Gasteiger partial charge >= 0.3 is 0 Å². The highest BCUT2D eigenvalue weighted by Crippen LogP contribution is 2.46. The lowest BCUT2D eigenvalue weighted by Gasteiger charge is -2.44. The quantitative estimate of drug-likeness (QED) is 0.724. The molecule has 21 heavy (non-hydrogen) atoms. The molecule has 0 bridgehead atoms. The Balaban J connectivity index is 1.87. The molecule has 8 heteroatoms. The van der Waals surface area contributed by atoms with Gasteiger partial charge in [-0.05, 0) is 12.3 Å². The van der Waals surface area contributed by atoms with Crippen LogP contribution in [0.1, 0.15) is 25.8 Å². The van der Waals surface area contributed by atoms with Gasteiger partial charge in [-0.1, -0.05) is 13.3 Å². The first-order valence-electron chi connectivity index (χ1n) is 7.13. The van der Waals surface area contributed by atoms with Crippen LogP contribution in [0, 0.1) is 11.8 Å². The van der Waals surface area contributed by atoms with E-state index in [1.807, 2.05) is 4.57 Å². The van der Waals surface area contributed by atoms with Crippen molar-refractivity contribution >= 4 is 16.9 Å². The number of rotatable bonds is 3. The second-order valence-corrected chi connectivity index (χ2v) is 5.61. The fourth-order valence-electron chi connectivity index (χ4n) is 3.39. The Morgan fingerprint density at radius 2 is 2.33 bits per heavy atom. The van der Waals surface area contributed by atoms with E-state index in [2.05, 4.69) is 27.1 Å². The van der Waals surface area contributed by atoms with E-state index in [1.54, 1.807) is 6.33 Å². The monoisotopic (exact) mass is 288 g/mol. The molecule has 1 saturated carbocycles. The van der Waals surface area contributed by atoms with Gasteiger partial charge in [0.05, 0.1) is 6.33 Å². The number of nitrogens with zero attached hydrogens (tertiary/aromatic N) is 5. The van der Waals surface area contributed by atoms with Gasteiger partial charge in [-0.3, -0.25) is 4.79 Å². The van der Waals surface area contributed by atoms with Crippen molar-refractivity contribution in [3.05, 3.63) is 23.0 Å².